The lowest BCUT2D eigenvalue weighted by atomic mass is 9.86. The minimum absolute atomic E-state index is 0.0594. The Morgan fingerprint density at radius 2 is 1.13 bits per heavy atom. The molecule has 2 heterocycles. The summed E-state index contributed by atoms with van der Waals surface area (Å²) in [7, 11) is 0. The molecule has 52 heavy (non-hydrogen) atoms. The number of benzene rings is 4. The van der Waals surface area contributed by atoms with Crippen LogP contribution in [0.1, 0.15) is 71.3 Å². The van der Waals surface area contributed by atoms with Gasteiger partial charge in [-0.2, -0.15) is 0 Å². The van der Waals surface area contributed by atoms with Gasteiger partial charge in [-0.15, -0.1) is 22.7 Å². The molecule has 0 saturated carbocycles. The summed E-state index contributed by atoms with van der Waals surface area (Å²) in [5, 5.41) is 7.52. The Morgan fingerprint density at radius 3 is 1.63 bits per heavy atom. The van der Waals surface area contributed by atoms with Gasteiger partial charge in [-0.1, -0.05) is 99.6 Å². The van der Waals surface area contributed by atoms with Gasteiger partial charge >= 0.3 is 11.9 Å². The Bertz CT molecular complexity index is 2170. The number of nitrogen functional groups attached to an aromatic ring is 1. The van der Waals surface area contributed by atoms with E-state index >= 15 is 0 Å². The van der Waals surface area contributed by atoms with E-state index in [1.54, 1.807) is 38.1 Å². The first-order valence-corrected chi connectivity index (χ1v) is 18.5. The third-order valence-corrected chi connectivity index (χ3v) is 9.31. The zero-order valence-corrected chi connectivity index (χ0v) is 31.3. The number of carbonyl (C=O) groups is 3. The maximum atomic E-state index is 13.2. The van der Waals surface area contributed by atoms with Crippen LogP contribution in [0.2, 0.25) is 0 Å². The van der Waals surface area contributed by atoms with Crippen molar-refractivity contribution in [1.82, 2.24) is 9.97 Å². The summed E-state index contributed by atoms with van der Waals surface area (Å²) in [5.41, 5.74) is 13.0. The number of nitrogens with zero attached hydrogens (tertiary/aromatic N) is 2. The van der Waals surface area contributed by atoms with Crippen LogP contribution >= 0.6 is 22.7 Å². The molecular formula is C41H40N4O5S2. The van der Waals surface area contributed by atoms with Crippen LogP contribution in [-0.4, -0.2) is 41.0 Å². The van der Waals surface area contributed by atoms with Crippen molar-refractivity contribution in [3.05, 3.63) is 130 Å². The molecule has 0 fully saturated rings. The third-order valence-electron chi connectivity index (χ3n) is 7.88. The summed E-state index contributed by atoms with van der Waals surface area (Å²) >= 11 is 2.66. The lowest BCUT2D eigenvalue weighted by Crippen LogP contribution is -2.13. The van der Waals surface area contributed by atoms with E-state index in [1.165, 1.54) is 28.2 Å². The molecule has 1 amide bonds. The molecule has 6 rings (SSSR count). The largest absolute Gasteiger partial charge is 0.462 e. The normalized spacial score (nSPS) is 10.9. The number of nitrogens with two attached hydrogens (primary N) is 1. The highest BCUT2D eigenvalue weighted by molar-refractivity contribution is 7.14. The number of hydrogen-bond acceptors (Lipinski definition) is 10. The molecule has 2 aromatic heterocycles. The van der Waals surface area contributed by atoms with Gasteiger partial charge in [-0.3, -0.25) is 10.1 Å². The first-order chi connectivity index (χ1) is 25.0. The van der Waals surface area contributed by atoms with Crippen LogP contribution in [0.3, 0.4) is 0 Å². The van der Waals surface area contributed by atoms with Crippen molar-refractivity contribution in [3.63, 3.8) is 0 Å². The molecular weight excluding hydrogens is 693 g/mol. The number of ether oxygens (including phenoxy) is 2. The van der Waals surface area contributed by atoms with Crippen molar-refractivity contribution in [3.8, 4) is 33.6 Å². The van der Waals surface area contributed by atoms with E-state index in [4.69, 9.17) is 15.2 Å². The van der Waals surface area contributed by atoms with E-state index in [1.807, 2.05) is 59.3 Å². The van der Waals surface area contributed by atoms with Gasteiger partial charge in [-0.05, 0) is 54.2 Å². The number of aromatic nitrogens is 2. The third kappa shape index (κ3) is 9.17. The number of rotatable bonds is 9. The van der Waals surface area contributed by atoms with Gasteiger partial charge in [0.15, 0.2) is 10.3 Å². The van der Waals surface area contributed by atoms with Gasteiger partial charge in [0.05, 0.1) is 35.7 Å². The average molecular weight is 733 g/mol. The minimum Gasteiger partial charge on any atom is -0.462 e. The number of carbonyl (C=O) groups excluding carboxylic acids is 3. The number of thiazole rings is 2. The molecule has 4 aromatic carbocycles. The molecule has 11 heteroatoms. The van der Waals surface area contributed by atoms with Gasteiger partial charge in [-0.25, -0.2) is 19.6 Å². The zero-order chi connectivity index (χ0) is 37.3. The van der Waals surface area contributed by atoms with Gasteiger partial charge < -0.3 is 15.2 Å². The molecule has 0 radical (unpaired) electrons. The van der Waals surface area contributed by atoms with Crippen molar-refractivity contribution in [1.29, 1.82) is 0 Å². The van der Waals surface area contributed by atoms with Crippen LogP contribution in [0.15, 0.2) is 108 Å². The van der Waals surface area contributed by atoms with Gasteiger partial charge in [0.2, 0.25) is 0 Å². The maximum absolute atomic E-state index is 13.2. The molecule has 0 saturated heterocycles. The molecule has 0 aliphatic heterocycles. The summed E-state index contributed by atoms with van der Waals surface area (Å²) in [6.07, 6.45) is 0. The number of anilines is 2. The van der Waals surface area contributed by atoms with E-state index in [2.05, 4.69) is 60.3 Å². The fourth-order valence-corrected chi connectivity index (χ4v) is 6.57. The van der Waals surface area contributed by atoms with Crippen LogP contribution in [0.25, 0.3) is 33.6 Å². The standard InChI is InChI=1S/C29H28N2O3S.C12H12N2O2S/c1-5-34-27(33)24-13-9-7-11-22(24)25-18-35-28(30-25)31-26(32)23-12-8-6-10-21(23)19-14-16-20(17-15-19)29(2,3)4;1-2-16-11(15)9-6-4-3-5-8(9)10-7-17-12(13)14-10/h6-18H,5H2,1-4H3,(H,30,31,32);3-7H,2H2,1H3,(H2,13,14). The molecule has 0 atom stereocenters. The second-order valence-corrected chi connectivity index (χ2v) is 14.2. The molecule has 266 valence electrons. The molecule has 6 aromatic rings. The van der Waals surface area contributed by atoms with Gasteiger partial charge in [0.25, 0.3) is 5.91 Å². The summed E-state index contributed by atoms with van der Waals surface area (Å²) in [4.78, 5) is 46.1. The Labute approximate surface area is 311 Å². The highest BCUT2D eigenvalue weighted by atomic mass is 32.1. The van der Waals surface area contributed by atoms with E-state index in [0.29, 0.717) is 57.1 Å². The predicted molar refractivity (Wildman–Crippen MR) is 210 cm³/mol. The van der Waals surface area contributed by atoms with Crippen molar-refractivity contribution in [2.45, 2.75) is 40.0 Å². The fraction of sp³-hybridized carbons (Fsp3) is 0.195. The number of esters is 2. The Kier molecular flexibility index (Phi) is 12.3. The quantitative estimate of drug-likeness (QED) is 0.140. The average Bonchev–Trinajstić information content (AvgIpc) is 3.80. The number of amides is 1. The van der Waals surface area contributed by atoms with Crippen molar-refractivity contribution >= 4 is 50.8 Å². The second-order valence-electron chi connectivity index (χ2n) is 12.5. The van der Waals surface area contributed by atoms with Gasteiger partial charge in [0.1, 0.15) is 0 Å². The molecule has 0 aliphatic rings. The smallest absolute Gasteiger partial charge is 0.338 e. The summed E-state index contributed by atoms with van der Waals surface area (Å²) in [5.74, 6) is -0.970. The first-order valence-electron chi connectivity index (χ1n) is 16.7. The molecule has 0 bridgehead atoms. The number of hydrogen-bond donors (Lipinski definition) is 2. The van der Waals surface area contributed by atoms with Crippen molar-refractivity contribution in [2.24, 2.45) is 0 Å². The van der Waals surface area contributed by atoms with Crippen LogP contribution in [0.5, 0.6) is 0 Å². The molecule has 3 N–H and O–H groups in total. The summed E-state index contributed by atoms with van der Waals surface area (Å²) < 4.78 is 10.2. The number of nitrogens with one attached hydrogen (secondary N) is 1. The van der Waals surface area contributed by atoms with Crippen molar-refractivity contribution < 1.29 is 23.9 Å². The monoisotopic (exact) mass is 732 g/mol. The second kappa shape index (κ2) is 17.0. The Morgan fingerprint density at radius 1 is 0.654 bits per heavy atom. The molecule has 0 unspecified atom stereocenters. The minimum atomic E-state index is -0.395. The maximum Gasteiger partial charge on any atom is 0.338 e. The van der Waals surface area contributed by atoms with Crippen LogP contribution < -0.4 is 11.1 Å². The molecule has 9 nitrogen and oxygen atoms in total. The van der Waals surface area contributed by atoms with Gasteiger partial charge in [0, 0.05) is 27.5 Å². The lowest BCUT2D eigenvalue weighted by molar-refractivity contribution is 0.0517. The van der Waals surface area contributed by atoms with Crippen LogP contribution in [0, 0.1) is 0 Å². The lowest BCUT2D eigenvalue weighted by Gasteiger charge is -2.19. The van der Waals surface area contributed by atoms with Crippen LogP contribution in [0.4, 0.5) is 10.3 Å². The Hall–Kier alpha value is -5.65. The van der Waals surface area contributed by atoms with E-state index in [0.717, 1.165) is 16.7 Å². The predicted octanol–water partition coefficient (Wildman–Crippen LogP) is 9.77. The SMILES string of the molecule is CCOC(=O)c1ccccc1-c1csc(N)n1.CCOC(=O)c1ccccc1-c1csc(NC(=O)c2ccccc2-c2ccc(C(C)(C)C)cc2)n1. The van der Waals surface area contributed by atoms with E-state index < -0.39 is 5.97 Å². The summed E-state index contributed by atoms with van der Waals surface area (Å²) in [6, 6.07) is 30.3. The van der Waals surface area contributed by atoms with E-state index in [-0.39, 0.29) is 17.3 Å². The zero-order valence-electron chi connectivity index (χ0n) is 29.6. The van der Waals surface area contributed by atoms with Crippen LogP contribution in [-0.2, 0) is 14.9 Å². The van der Waals surface area contributed by atoms with Crippen molar-refractivity contribution in [2.75, 3.05) is 24.3 Å². The molecule has 0 aliphatic carbocycles. The highest BCUT2D eigenvalue weighted by Gasteiger charge is 2.19. The fourth-order valence-electron chi connectivity index (χ4n) is 5.30. The topological polar surface area (TPSA) is 134 Å². The summed E-state index contributed by atoms with van der Waals surface area (Å²) in [6.45, 7) is 10.7. The first kappa shape index (κ1) is 37.6. The Balaban J connectivity index is 0.000000257. The molecule has 0 spiro atoms. The highest BCUT2D eigenvalue weighted by Crippen LogP contribution is 2.31. The van der Waals surface area contributed by atoms with E-state index in [9.17, 15) is 14.4 Å².